The molecule has 0 fully saturated rings. The van der Waals surface area contributed by atoms with Crippen molar-refractivity contribution in [3.8, 4) is 0 Å². The predicted molar refractivity (Wildman–Crippen MR) is 89.5 cm³/mol. The summed E-state index contributed by atoms with van der Waals surface area (Å²) in [7, 11) is 0. The molecule has 0 bridgehead atoms. The predicted octanol–water partition coefficient (Wildman–Crippen LogP) is 4.16. The number of hydrogen-bond donors (Lipinski definition) is 2. The quantitative estimate of drug-likeness (QED) is 0.808. The fraction of sp³-hybridized carbons (Fsp3) is 0.0667. The van der Waals surface area contributed by atoms with Crippen LogP contribution in [-0.2, 0) is 4.79 Å². The minimum atomic E-state index is -0.638. The van der Waals surface area contributed by atoms with E-state index < -0.39 is 11.9 Å². The maximum absolute atomic E-state index is 12.4. The molecule has 2 rings (SSSR count). The number of hydrogen-bond acceptors (Lipinski definition) is 3. The minimum absolute atomic E-state index is 0.318. The van der Waals surface area contributed by atoms with Crippen molar-refractivity contribution in [3.63, 3.8) is 0 Å². The standard InChI is InChI=1S/C15H13Cl2N3O2/c1-9(21)20(12-5-3-11(18)4-6-12)15(22)19-14-8-10(16)2-7-13(14)17/h2-8H,18H2,1H3,(H,19,22). The molecule has 0 saturated heterocycles. The van der Waals surface area contributed by atoms with Crippen molar-refractivity contribution in [2.75, 3.05) is 16.0 Å². The lowest BCUT2D eigenvalue weighted by Gasteiger charge is -2.20. The Morgan fingerprint density at radius 2 is 1.73 bits per heavy atom. The highest BCUT2D eigenvalue weighted by Gasteiger charge is 2.21. The fourth-order valence-corrected chi connectivity index (χ4v) is 2.17. The van der Waals surface area contributed by atoms with E-state index in [1.54, 1.807) is 36.4 Å². The Balaban J connectivity index is 2.29. The smallest absolute Gasteiger partial charge is 0.333 e. The van der Waals surface area contributed by atoms with E-state index in [9.17, 15) is 9.59 Å². The molecule has 0 atom stereocenters. The van der Waals surface area contributed by atoms with Crippen LogP contribution in [0, 0.1) is 0 Å². The number of nitrogens with two attached hydrogens (primary N) is 1. The number of carbonyl (C=O) groups is 2. The van der Waals surface area contributed by atoms with Crippen molar-refractivity contribution in [1.29, 1.82) is 0 Å². The molecule has 0 aliphatic carbocycles. The molecule has 0 aliphatic heterocycles. The summed E-state index contributed by atoms with van der Waals surface area (Å²) < 4.78 is 0. The van der Waals surface area contributed by atoms with Crippen molar-refractivity contribution in [2.45, 2.75) is 6.92 Å². The second-order valence-electron chi connectivity index (χ2n) is 4.50. The number of nitrogens with zero attached hydrogens (tertiary/aromatic N) is 1. The molecule has 3 amide bonds. The van der Waals surface area contributed by atoms with Gasteiger partial charge in [-0.05, 0) is 42.5 Å². The first-order chi connectivity index (χ1) is 10.4. The number of halogens is 2. The van der Waals surface area contributed by atoms with Crippen molar-refractivity contribution >= 4 is 52.2 Å². The first-order valence-corrected chi connectivity index (χ1v) is 7.06. The largest absolute Gasteiger partial charge is 0.399 e. The van der Waals surface area contributed by atoms with E-state index in [4.69, 9.17) is 28.9 Å². The summed E-state index contributed by atoms with van der Waals surface area (Å²) in [6, 6.07) is 10.4. The van der Waals surface area contributed by atoms with Crippen LogP contribution in [0.1, 0.15) is 6.92 Å². The highest BCUT2D eigenvalue weighted by atomic mass is 35.5. The van der Waals surface area contributed by atoms with Crippen LogP contribution in [0.25, 0.3) is 0 Å². The van der Waals surface area contributed by atoms with Gasteiger partial charge in [0.15, 0.2) is 0 Å². The zero-order chi connectivity index (χ0) is 16.3. The molecule has 5 nitrogen and oxygen atoms in total. The molecule has 0 aliphatic rings. The zero-order valence-corrected chi connectivity index (χ0v) is 13.2. The van der Waals surface area contributed by atoms with Crippen LogP contribution in [0.4, 0.5) is 21.9 Å². The first kappa shape index (κ1) is 16.1. The van der Waals surface area contributed by atoms with Crippen molar-refractivity contribution < 1.29 is 9.59 Å². The SMILES string of the molecule is CC(=O)N(C(=O)Nc1cc(Cl)ccc1Cl)c1ccc(N)cc1. The van der Waals surface area contributed by atoms with Crippen LogP contribution < -0.4 is 16.0 Å². The molecule has 0 spiro atoms. The third-order valence-corrected chi connectivity index (χ3v) is 3.40. The Morgan fingerprint density at radius 1 is 1.09 bits per heavy atom. The number of benzene rings is 2. The van der Waals surface area contributed by atoms with Crippen molar-refractivity contribution in [3.05, 3.63) is 52.5 Å². The number of nitrogens with one attached hydrogen (secondary N) is 1. The average Bonchev–Trinajstić information content (AvgIpc) is 2.45. The fourth-order valence-electron chi connectivity index (χ4n) is 1.83. The highest BCUT2D eigenvalue weighted by molar-refractivity contribution is 6.36. The van der Waals surface area contributed by atoms with Gasteiger partial charge in [0, 0.05) is 17.6 Å². The van der Waals surface area contributed by atoms with E-state index in [1.165, 1.54) is 13.0 Å². The van der Waals surface area contributed by atoms with Gasteiger partial charge in [0.1, 0.15) is 0 Å². The molecule has 0 unspecified atom stereocenters. The van der Waals surface area contributed by atoms with Gasteiger partial charge in [-0.15, -0.1) is 0 Å². The van der Waals surface area contributed by atoms with E-state index >= 15 is 0 Å². The topological polar surface area (TPSA) is 75.4 Å². The summed E-state index contributed by atoms with van der Waals surface area (Å²) in [6.07, 6.45) is 0. The average molecular weight is 338 g/mol. The molecule has 2 aromatic carbocycles. The Morgan fingerprint density at radius 3 is 2.32 bits per heavy atom. The van der Waals surface area contributed by atoms with Gasteiger partial charge < -0.3 is 11.1 Å². The summed E-state index contributed by atoms with van der Waals surface area (Å²) in [6.45, 7) is 1.29. The molecule has 3 N–H and O–H groups in total. The van der Waals surface area contributed by atoms with E-state index in [1.807, 2.05) is 0 Å². The van der Waals surface area contributed by atoms with Gasteiger partial charge in [-0.1, -0.05) is 23.2 Å². The summed E-state index contributed by atoms with van der Waals surface area (Å²) >= 11 is 11.9. The van der Waals surface area contributed by atoms with E-state index in [2.05, 4.69) is 5.32 Å². The van der Waals surface area contributed by atoms with Crippen LogP contribution in [0.2, 0.25) is 10.0 Å². The number of urea groups is 1. The lowest BCUT2D eigenvalue weighted by Crippen LogP contribution is -2.38. The number of rotatable bonds is 2. The summed E-state index contributed by atoms with van der Waals surface area (Å²) in [5, 5.41) is 3.30. The number of anilines is 3. The van der Waals surface area contributed by atoms with Gasteiger partial charge in [0.05, 0.1) is 16.4 Å². The molecule has 0 saturated carbocycles. The minimum Gasteiger partial charge on any atom is -0.399 e. The van der Waals surface area contributed by atoms with Crippen LogP contribution in [-0.4, -0.2) is 11.9 Å². The van der Waals surface area contributed by atoms with E-state index in [0.717, 1.165) is 4.90 Å². The number of nitrogen functional groups attached to an aromatic ring is 1. The highest BCUT2D eigenvalue weighted by Crippen LogP contribution is 2.26. The Kier molecular flexibility index (Phi) is 4.90. The molecule has 0 heterocycles. The van der Waals surface area contributed by atoms with Gasteiger partial charge >= 0.3 is 6.03 Å². The Bertz CT molecular complexity index is 717. The molecule has 2 aromatic rings. The molecule has 22 heavy (non-hydrogen) atoms. The maximum atomic E-state index is 12.4. The maximum Gasteiger partial charge on any atom is 0.333 e. The Labute approximate surface area is 137 Å². The number of amides is 3. The van der Waals surface area contributed by atoms with Gasteiger partial charge in [0.2, 0.25) is 5.91 Å². The summed E-state index contributed by atoms with van der Waals surface area (Å²) in [4.78, 5) is 25.1. The zero-order valence-electron chi connectivity index (χ0n) is 11.6. The lowest BCUT2D eigenvalue weighted by molar-refractivity contribution is -0.115. The normalized spacial score (nSPS) is 10.1. The number of carbonyl (C=O) groups excluding carboxylic acids is 2. The van der Waals surface area contributed by atoms with Gasteiger partial charge in [-0.25, -0.2) is 9.69 Å². The van der Waals surface area contributed by atoms with Crippen LogP contribution in [0.15, 0.2) is 42.5 Å². The molecular weight excluding hydrogens is 325 g/mol. The van der Waals surface area contributed by atoms with E-state index in [-0.39, 0.29) is 0 Å². The summed E-state index contributed by atoms with van der Waals surface area (Å²) in [5.74, 6) is -0.444. The van der Waals surface area contributed by atoms with Crippen LogP contribution in [0.5, 0.6) is 0 Å². The van der Waals surface area contributed by atoms with Gasteiger partial charge in [-0.3, -0.25) is 4.79 Å². The Hall–Kier alpha value is -2.24. The second kappa shape index (κ2) is 6.68. The third kappa shape index (κ3) is 3.69. The molecule has 0 aromatic heterocycles. The third-order valence-electron chi connectivity index (χ3n) is 2.84. The van der Waals surface area contributed by atoms with Crippen molar-refractivity contribution in [1.82, 2.24) is 0 Å². The van der Waals surface area contributed by atoms with Crippen LogP contribution >= 0.6 is 23.2 Å². The molecular formula is C15H13Cl2N3O2. The van der Waals surface area contributed by atoms with Gasteiger partial charge in [-0.2, -0.15) is 0 Å². The molecule has 114 valence electrons. The first-order valence-electron chi connectivity index (χ1n) is 6.31. The second-order valence-corrected chi connectivity index (χ2v) is 5.34. The van der Waals surface area contributed by atoms with E-state index in [0.29, 0.717) is 27.1 Å². The van der Waals surface area contributed by atoms with Crippen LogP contribution in [0.3, 0.4) is 0 Å². The number of imide groups is 1. The summed E-state index contributed by atoms with van der Waals surface area (Å²) in [5.41, 5.74) is 6.86. The monoisotopic (exact) mass is 337 g/mol. The molecule has 7 heteroatoms. The van der Waals surface area contributed by atoms with Gasteiger partial charge in [0.25, 0.3) is 0 Å². The molecule has 0 radical (unpaired) electrons. The lowest BCUT2D eigenvalue weighted by atomic mass is 10.2. The van der Waals surface area contributed by atoms with Crippen molar-refractivity contribution in [2.24, 2.45) is 0 Å².